The minimum atomic E-state index is -3.96. The molecule has 166 valence electrons. The Kier molecular flexibility index (Phi) is 5.83. The number of amides is 1. The highest BCUT2D eigenvalue weighted by molar-refractivity contribution is 7.93. The van der Waals surface area contributed by atoms with Gasteiger partial charge in [0.1, 0.15) is 34.3 Å². The standard InChI is InChI=1S/C20H21ClF2N4O3S/c1-11-6-12(21)8-25-16(11)17(28)26-13-4-5-15(23)14(7-13)20(9-22)10-31(29,30)19(2,3)18(24)27-20/h4-8H,9-10H2,1-3H3,(H2,24,27)(H,26,28)/t20-/m0/s1. The van der Waals surface area contributed by atoms with Gasteiger partial charge < -0.3 is 11.1 Å². The number of nitrogens with two attached hydrogens (primary N) is 1. The summed E-state index contributed by atoms with van der Waals surface area (Å²) in [6.07, 6.45) is 1.31. The normalized spacial score (nSPS) is 21.9. The molecule has 0 unspecified atom stereocenters. The summed E-state index contributed by atoms with van der Waals surface area (Å²) in [4.78, 5) is 20.6. The van der Waals surface area contributed by atoms with Crippen LogP contribution in [0.1, 0.15) is 35.5 Å². The first-order valence-electron chi connectivity index (χ1n) is 9.20. The van der Waals surface area contributed by atoms with E-state index in [2.05, 4.69) is 15.3 Å². The fraction of sp³-hybridized carbons (Fsp3) is 0.350. The van der Waals surface area contributed by atoms with E-state index in [-0.39, 0.29) is 22.8 Å². The highest BCUT2D eigenvalue weighted by Crippen LogP contribution is 2.39. The molecule has 1 atom stereocenters. The number of carbonyl (C=O) groups excluding carboxylic acids is 1. The van der Waals surface area contributed by atoms with Crippen molar-refractivity contribution >= 4 is 38.9 Å². The summed E-state index contributed by atoms with van der Waals surface area (Å²) >= 11 is 5.85. The number of amidine groups is 1. The van der Waals surface area contributed by atoms with Gasteiger partial charge in [0.25, 0.3) is 5.91 Å². The Morgan fingerprint density at radius 2 is 2.00 bits per heavy atom. The van der Waals surface area contributed by atoms with Gasteiger partial charge in [0, 0.05) is 17.4 Å². The van der Waals surface area contributed by atoms with Gasteiger partial charge in [-0.15, -0.1) is 0 Å². The van der Waals surface area contributed by atoms with Crippen molar-refractivity contribution in [3.63, 3.8) is 0 Å². The maximum absolute atomic E-state index is 14.7. The number of benzene rings is 1. The number of alkyl halides is 1. The summed E-state index contributed by atoms with van der Waals surface area (Å²) in [6.45, 7) is 3.07. The Balaban J connectivity index is 2.04. The number of hydrogen-bond acceptors (Lipinski definition) is 6. The maximum Gasteiger partial charge on any atom is 0.274 e. The molecule has 1 aromatic carbocycles. The summed E-state index contributed by atoms with van der Waals surface area (Å²) in [5.74, 6) is -2.55. The Bertz CT molecular complexity index is 1200. The van der Waals surface area contributed by atoms with E-state index in [4.69, 9.17) is 17.3 Å². The van der Waals surface area contributed by atoms with E-state index < -0.39 is 44.3 Å². The number of rotatable bonds is 4. The minimum Gasteiger partial charge on any atom is -0.386 e. The summed E-state index contributed by atoms with van der Waals surface area (Å²) in [7, 11) is -3.96. The predicted octanol–water partition coefficient (Wildman–Crippen LogP) is 3.16. The first-order valence-corrected chi connectivity index (χ1v) is 11.2. The summed E-state index contributed by atoms with van der Waals surface area (Å²) in [6, 6.07) is 4.98. The van der Waals surface area contributed by atoms with E-state index in [0.717, 1.165) is 12.1 Å². The van der Waals surface area contributed by atoms with Gasteiger partial charge in [-0.1, -0.05) is 11.6 Å². The average molecular weight is 471 g/mol. The molecule has 0 aliphatic carbocycles. The zero-order chi connectivity index (χ0) is 23.2. The number of anilines is 1. The molecule has 0 radical (unpaired) electrons. The summed E-state index contributed by atoms with van der Waals surface area (Å²) < 4.78 is 52.9. The van der Waals surface area contributed by atoms with Gasteiger partial charge in [0.05, 0.1) is 10.8 Å². The average Bonchev–Trinajstić information content (AvgIpc) is 2.67. The van der Waals surface area contributed by atoms with Gasteiger partial charge in [-0.3, -0.25) is 9.79 Å². The monoisotopic (exact) mass is 470 g/mol. The van der Waals surface area contributed by atoms with Crippen molar-refractivity contribution in [1.29, 1.82) is 0 Å². The molecule has 0 spiro atoms. The molecule has 2 aromatic rings. The van der Waals surface area contributed by atoms with Crippen molar-refractivity contribution in [1.82, 2.24) is 4.98 Å². The van der Waals surface area contributed by atoms with Gasteiger partial charge in [-0.05, 0) is 50.6 Å². The number of aliphatic imine (C=N–C) groups is 1. The SMILES string of the molecule is Cc1cc(Cl)cnc1C(=O)Nc1ccc(F)c([C@]2(CF)CS(=O)(=O)C(C)(C)C(N)=N2)c1. The van der Waals surface area contributed by atoms with Crippen LogP contribution in [0.2, 0.25) is 5.02 Å². The number of nitrogens with one attached hydrogen (secondary N) is 1. The van der Waals surface area contributed by atoms with Crippen molar-refractivity contribution in [3.8, 4) is 0 Å². The van der Waals surface area contributed by atoms with Crippen LogP contribution in [0.4, 0.5) is 14.5 Å². The van der Waals surface area contributed by atoms with Crippen LogP contribution in [0.25, 0.3) is 0 Å². The molecule has 1 amide bonds. The van der Waals surface area contributed by atoms with Crippen LogP contribution in [0.3, 0.4) is 0 Å². The van der Waals surface area contributed by atoms with Crippen LogP contribution in [0.5, 0.6) is 0 Å². The molecule has 1 aromatic heterocycles. The number of halogens is 3. The number of nitrogens with zero attached hydrogens (tertiary/aromatic N) is 2. The van der Waals surface area contributed by atoms with E-state index in [1.807, 2.05) is 0 Å². The first kappa shape index (κ1) is 23.1. The van der Waals surface area contributed by atoms with Gasteiger partial charge >= 0.3 is 0 Å². The Labute approximate surface area is 183 Å². The van der Waals surface area contributed by atoms with E-state index in [0.29, 0.717) is 10.6 Å². The van der Waals surface area contributed by atoms with E-state index >= 15 is 0 Å². The largest absolute Gasteiger partial charge is 0.386 e. The number of hydrogen-bond donors (Lipinski definition) is 2. The Morgan fingerprint density at radius 1 is 1.32 bits per heavy atom. The number of carbonyl (C=O) groups is 1. The van der Waals surface area contributed by atoms with E-state index in [1.54, 1.807) is 13.0 Å². The molecule has 7 nitrogen and oxygen atoms in total. The molecule has 0 saturated heterocycles. The van der Waals surface area contributed by atoms with Crippen LogP contribution in [0.15, 0.2) is 35.5 Å². The molecule has 3 N–H and O–H groups in total. The van der Waals surface area contributed by atoms with Crippen LogP contribution < -0.4 is 11.1 Å². The first-order chi connectivity index (χ1) is 14.3. The van der Waals surface area contributed by atoms with Crippen LogP contribution in [-0.4, -0.2) is 42.3 Å². The number of aromatic nitrogens is 1. The van der Waals surface area contributed by atoms with Crippen LogP contribution in [0, 0.1) is 12.7 Å². The lowest BCUT2D eigenvalue weighted by Crippen LogP contribution is -2.56. The lowest BCUT2D eigenvalue weighted by molar-refractivity contribution is 0.102. The molecular weight excluding hydrogens is 450 g/mol. The molecule has 0 saturated carbocycles. The van der Waals surface area contributed by atoms with Gasteiger partial charge in [0.2, 0.25) is 0 Å². The topological polar surface area (TPSA) is 115 Å². The number of aryl methyl sites for hydroxylation is 1. The molecule has 0 fully saturated rings. The van der Waals surface area contributed by atoms with E-state index in [1.165, 1.54) is 26.1 Å². The highest BCUT2D eigenvalue weighted by Gasteiger charge is 2.51. The van der Waals surface area contributed by atoms with Gasteiger partial charge in [-0.2, -0.15) is 0 Å². The second-order valence-corrected chi connectivity index (χ2v) is 10.9. The lowest BCUT2D eigenvalue weighted by atomic mass is 9.92. The molecule has 0 bridgehead atoms. The molecule has 3 rings (SSSR count). The predicted molar refractivity (Wildman–Crippen MR) is 115 cm³/mol. The van der Waals surface area contributed by atoms with Crippen molar-refractivity contribution in [2.75, 3.05) is 17.7 Å². The Morgan fingerprint density at radius 3 is 2.58 bits per heavy atom. The minimum absolute atomic E-state index is 0.0970. The van der Waals surface area contributed by atoms with Gasteiger partial charge in [0.15, 0.2) is 9.84 Å². The molecule has 2 heterocycles. The fourth-order valence-corrected chi connectivity index (χ4v) is 5.12. The van der Waals surface area contributed by atoms with Crippen molar-refractivity contribution in [2.24, 2.45) is 10.7 Å². The third-order valence-electron chi connectivity index (χ3n) is 5.36. The summed E-state index contributed by atoms with van der Waals surface area (Å²) in [5.41, 5.74) is 4.19. The molecule has 1 aliphatic heterocycles. The zero-order valence-electron chi connectivity index (χ0n) is 17.0. The summed E-state index contributed by atoms with van der Waals surface area (Å²) in [5, 5.41) is 2.91. The van der Waals surface area contributed by atoms with Gasteiger partial charge in [-0.25, -0.2) is 22.2 Å². The van der Waals surface area contributed by atoms with Crippen molar-refractivity contribution in [3.05, 3.63) is 58.1 Å². The maximum atomic E-state index is 14.7. The van der Waals surface area contributed by atoms with Crippen LogP contribution in [-0.2, 0) is 15.4 Å². The molecule has 11 heteroatoms. The second-order valence-electron chi connectivity index (χ2n) is 7.90. The van der Waals surface area contributed by atoms with E-state index in [9.17, 15) is 22.0 Å². The number of pyridine rings is 1. The lowest BCUT2D eigenvalue weighted by Gasteiger charge is -2.38. The third kappa shape index (κ3) is 4.01. The molecule has 31 heavy (non-hydrogen) atoms. The van der Waals surface area contributed by atoms with Crippen molar-refractivity contribution in [2.45, 2.75) is 31.1 Å². The quantitative estimate of drug-likeness (QED) is 0.712. The zero-order valence-corrected chi connectivity index (χ0v) is 18.6. The second kappa shape index (κ2) is 7.83. The number of sulfone groups is 1. The molecular formula is C20H21ClF2N4O3S. The highest BCUT2D eigenvalue weighted by atomic mass is 35.5. The smallest absolute Gasteiger partial charge is 0.274 e. The molecule has 1 aliphatic rings. The van der Waals surface area contributed by atoms with Crippen LogP contribution >= 0.6 is 11.6 Å². The Hall–Kier alpha value is -2.59. The fourth-order valence-electron chi connectivity index (χ4n) is 3.26. The van der Waals surface area contributed by atoms with Crippen molar-refractivity contribution < 1.29 is 22.0 Å². The third-order valence-corrected chi connectivity index (χ3v) is 8.19.